The molecule has 1 saturated heterocycles. The molecule has 1 N–H and O–H groups in total. The number of hydrogen-bond acceptors (Lipinski definition) is 7. The molecule has 0 unspecified atom stereocenters. The van der Waals surface area contributed by atoms with Crippen molar-refractivity contribution in [2.75, 3.05) is 32.1 Å². The molecule has 0 aliphatic carbocycles. The van der Waals surface area contributed by atoms with Crippen LogP contribution in [0.4, 0.5) is 10.2 Å². The summed E-state index contributed by atoms with van der Waals surface area (Å²) in [7, 11) is 1.66. The second-order valence-electron chi connectivity index (χ2n) is 7.03. The summed E-state index contributed by atoms with van der Waals surface area (Å²) in [5, 5.41) is 7.30. The topological polar surface area (TPSA) is 76.3 Å². The van der Waals surface area contributed by atoms with Gasteiger partial charge in [-0.2, -0.15) is 4.98 Å². The molecule has 1 fully saturated rings. The number of halogens is 1. The number of benzene rings is 1. The van der Waals surface area contributed by atoms with E-state index in [4.69, 9.17) is 9.26 Å². The van der Waals surface area contributed by atoms with E-state index in [0.717, 1.165) is 30.8 Å². The molecule has 3 heterocycles. The van der Waals surface area contributed by atoms with Crippen molar-refractivity contribution in [3.05, 3.63) is 59.9 Å². The molecular formula is C21H24FN5O2. The highest BCUT2D eigenvalue weighted by molar-refractivity contribution is 5.55. The zero-order valence-electron chi connectivity index (χ0n) is 16.3. The zero-order valence-corrected chi connectivity index (χ0v) is 16.3. The SMILES string of the molecule is COCCNc1ccc(-c2noc([C@@H]3CCCN3Cc3ccccc3F)n2)cn1. The number of nitrogens with zero attached hydrogens (tertiary/aromatic N) is 4. The Morgan fingerprint density at radius 1 is 1.28 bits per heavy atom. The monoisotopic (exact) mass is 397 g/mol. The van der Waals surface area contributed by atoms with Crippen molar-refractivity contribution in [1.82, 2.24) is 20.0 Å². The molecule has 1 aliphatic rings. The lowest BCUT2D eigenvalue weighted by Gasteiger charge is -2.21. The van der Waals surface area contributed by atoms with Crippen molar-refractivity contribution in [3.63, 3.8) is 0 Å². The summed E-state index contributed by atoms with van der Waals surface area (Å²) in [6, 6.07) is 10.7. The third-order valence-electron chi connectivity index (χ3n) is 5.06. The molecule has 29 heavy (non-hydrogen) atoms. The molecule has 0 amide bonds. The van der Waals surface area contributed by atoms with Gasteiger partial charge in [-0.15, -0.1) is 0 Å². The molecule has 1 aromatic carbocycles. The summed E-state index contributed by atoms with van der Waals surface area (Å²) in [5.74, 6) is 1.65. The lowest BCUT2D eigenvalue weighted by atomic mass is 10.1. The van der Waals surface area contributed by atoms with Gasteiger partial charge >= 0.3 is 0 Å². The minimum absolute atomic E-state index is 0.00111. The van der Waals surface area contributed by atoms with E-state index in [2.05, 4.69) is 25.3 Å². The van der Waals surface area contributed by atoms with Crippen molar-refractivity contribution < 1.29 is 13.7 Å². The number of hydrogen-bond donors (Lipinski definition) is 1. The molecule has 7 nitrogen and oxygen atoms in total. The smallest absolute Gasteiger partial charge is 0.244 e. The van der Waals surface area contributed by atoms with Crippen LogP contribution in [0, 0.1) is 5.82 Å². The number of anilines is 1. The summed E-state index contributed by atoms with van der Waals surface area (Å²) in [5.41, 5.74) is 1.47. The van der Waals surface area contributed by atoms with Gasteiger partial charge < -0.3 is 14.6 Å². The Kier molecular flexibility index (Phi) is 6.12. The number of methoxy groups -OCH3 is 1. The molecule has 0 saturated carbocycles. The number of likely N-dealkylation sites (tertiary alicyclic amines) is 1. The Balaban J connectivity index is 1.44. The lowest BCUT2D eigenvalue weighted by Crippen LogP contribution is -2.23. The molecule has 8 heteroatoms. The first-order chi connectivity index (χ1) is 14.2. The number of ether oxygens (including phenoxy) is 1. The number of pyridine rings is 1. The van der Waals surface area contributed by atoms with Gasteiger partial charge in [0.1, 0.15) is 11.6 Å². The summed E-state index contributed by atoms with van der Waals surface area (Å²) >= 11 is 0. The van der Waals surface area contributed by atoms with Crippen molar-refractivity contribution >= 4 is 5.82 Å². The van der Waals surface area contributed by atoms with Gasteiger partial charge in [-0.25, -0.2) is 9.37 Å². The number of nitrogens with one attached hydrogen (secondary N) is 1. The van der Waals surface area contributed by atoms with Crippen LogP contribution < -0.4 is 5.32 Å². The quantitative estimate of drug-likeness (QED) is 0.581. The van der Waals surface area contributed by atoms with E-state index in [1.54, 1.807) is 19.4 Å². The highest BCUT2D eigenvalue weighted by atomic mass is 19.1. The van der Waals surface area contributed by atoms with Crippen LogP contribution in [-0.4, -0.2) is 46.8 Å². The van der Waals surface area contributed by atoms with Crippen molar-refractivity contribution in [1.29, 1.82) is 0 Å². The van der Waals surface area contributed by atoms with Crippen LogP contribution in [0.25, 0.3) is 11.4 Å². The highest BCUT2D eigenvalue weighted by Gasteiger charge is 2.31. The van der Waals surface area contributed by atoms with Gasteiger partial charge in [-0.1, -0.05) is 23.4 Å². The van der Waals surface area contributed by atoms with Crippen LogP contribution >= 0.6 is 0 Å². The van der Waals surface area contributed by atoms with Crippen LogP contribution in [0.1, 0.15) is 30.3 Å². The number of rotatable bonds is 8. The Morgan fingerprint density at radius 2 is 2.17 bits per heavy atom. The van der Waals surface area contributed by atoms with Gasteiger partial charge in [-0.05, 0) is 37.6 Å². The fourth-order valence-electron chi connectivity index (χ4n) is 3.54. The van der Waals surface area contributed by atoms with Gasteiger partial charge in [0.05, 0.1) is 12.6 Å². The zero-order chi connectivity index (χ0) is 20.1. The molecule has 4 rings (SSSR count). The summed E-state index contributed by atoms with van der Waals surface area (Å²) in [6.07, 6.45) is 3.65. The first kappa shape index (κ1) is 19.5. The molecule has 152 valence electrons. The van der Waals surface area contributed by atoms with Crippen LogP contribution in [0.15, 0.2) is 47.1 Å². The molecule has 0 radical (unpaired) electrons. The maximum absolute atomic E-state index is 14.0. The molecular weight excluding hydrogens is 373 g/mol. The minimum atomic E-state index is -0.186. The Labute approximate surface area is 168 Å². The van der Waals surface area contributed by atoms with Crippen LogP contribution in [0.5, 0.6) is 0 Å². The molecule has 0 bridgehead atoms. The largest absolute Gasteiger partial charge is 0.383 e. The average molecular weight is 397 g/mol. The maximum atomic E-state index is 14.0. The normalized spacial score (nSPS) is 17.0. The van der Waals surface area contributed by atoms with Gasteiger partial charge in [0.25, 0.3) is 0 Å². The van der Waals surface area contributed by atoms with Crippen molar-refractivity contribution in [2.45, 2.75) is 25.4 Å². The number of aromatic nitrogens is 3. The molecule has 0 spiro atoms. The summed E-state index contributed by atoms with van der Waals surface area (Å²) < 4.78 is 24.6. The summed E-state index contributed by atoms with van der Waals surface area (Å²) in [4.78, 5) is 11.2. The van der Waals surface area contributed by atoms with E-state index in [0.29, 0.717) is 37.0 Å². The van der Waals surface area contributed by atoms with E-state index in [1.165, 1.54) is 6.07 Å². The first-order valence-electron chi connectivity index (χ1n) is 9.75. The fraction of sp³-hybridized carbons (Fsp3) is 0.381. The van der Waals surface area contributed by atoms with Gasteiger partial charge in [-0.3, -0.25) is 4.90 Å². The van der Waals surface area contributed by atoms with E-state index >= 15 is 0 Å². The van der Waals surface area contributed by atoms with Gasteiger partial charge in [0, 0.05) is 37.5 Å². The molecule has 1 atom stereocenters. The summed E-state index contributed by atoms with van der Waals surface area (Å²) in [6.45, 7) is 2.70. The minimum Gasteiger partial charge on any atom is -0.383 e. The van der Waals surface area contributed by atoms with E-state index in [-0.39, 0.29) is 11.9 Å². The third kappa shape index (κ3) is 4.60. The highest BCUT2D eigenvalue weighted by Crippen LogP contribution is 2.33. The first-order valence-corrected chi connectivity index (χ1v) is 9.75. The Bertz CT molecular complexity index is 931. The third-order valence-corrected chi connectivity index (χ3v) is 5.06. The predicted octanol–water partition coefficient (Wildman–Crippen LogP) is 3.67. The van der Waals surface area contributed by atoms with E-state index < -0.39 is 0 Å². The molecule has 2 aromatic heterocycles. The van der Waals surface area contributed by atoms with Crippen LogP contribution in [0.3, 0.4) is 0 Å². The lowest BCUT2D eigenvalue weighted by molar-refractivity contribution is 0.199. The van der Waals surface area contributed by atoms with E-state index in [1.807, 2.05) is 24.3 Å². The Hall–Kier alpha value is -2.84. The van der Waals surface area contributed by atoms with Crippen molar-refractivity contribution in [3.8, 4) is 11.4 Å². The fourth-order valence-corrected chi connectivity index (χ4v) is 3.54. The van der Waals surface area contributed by atoms with Gasteiger partial charge in [0.15, 0.2) is 0 Å². The Morgan fingerprint density at radius 3 is 2.97 bits per heavy atom. The standard InChI is InChI=1S/C21H24FN5O2/c1-28-12-10-23-19-9-8-15(13-24-19)20-25-21(29-26-20)18-7-4-11-27(18)14-16-5-2-3-6-17(16)22/h2-3,5-6,8-9,13,18H,4,7,10-12,14H2,1H3,(H,23,24)/t18-/m0/s1. The second kappa shape index (κ2) is 9.11. The van der Waals surface area contributed by atoms with Crippen LogP contribution in [-0.2, 0) is 11.3 Å². The predicted molar refractivity (Wildman–Crippen MR) is 107 cm³/mol. The van der Waals surface area contributed by atoms with Crippen LogP contribution in [0.2, 0.25) is 0 Å². The van der Waals surface area contributed by atoms with E-state index in [9.17, 15) is 4.39 Å². The molecule has 3 aromatic rings. The van der Waals surface area contributed by atoms with Gasteiger partial charge in [0.2, 0.25) is 11.7 Å². The molecule has 1 aliphatic heterocycles. The average Bonchev–Trinajstić information content (AvgIpc) is 3.40. The maximum Gasteiger partial charge on any atom is 0.244 e. The van der Waals surface area contributed by atoms with Crippen molar-refractivity contribution in [2.24, 2.45) is 0 Å². The second-order valence-corrected chi connectivity index (χ2v) is 7.03.